The van der Waals surface area contributed by atoms with Gasteiger partial charge in [0.1, 0.15) is 0 Å². The van der Waals surface area contributed by atoms with Gasteiger partial charge in [-0.2, -0.15) is 0 Å². The van der Waals surface area contributed by atoms with Crippen LogP contribution in [0.4, 0.5) is 0 Å². The molecule has 0 saturated heterocycles. The van der Waals surface area contributed by atoms with Crippen LogP contribution in [0.5, 0.6) is 0 Å². The van der Waals surface area contributed by atoms with Crippen LogP contribution in [-0.4, -0.2) is 25.3 Å². The summed E-state index contributed by atoms with van der Waals surface area (Å²) in [6.45, 7) is 2.86. The molecule has 1 atom stereocenters. The van der Waals surface area contributed by atoms with Crippen molar-refractivity contribution in [3.63, 3.8) is 0 Å². The fourth-order valence-electron chi connectivity index (χ4n) is 2.06. The number of rotatable bonds is 5. The first-order valence-corrected chi connectivity index (χ1v) is 6.14. The molecule has 0 saturated carbocycles. The van der Waals surface area contributed by atoms with Gasteiger partial charge >= 0.3 is 0 Å². The quantitative estimate of drug-likeness (QED) is 0.654. The van der Waals surface area contributed by atoms with E-state index in [-0.39, 0.29) is 12.4 Å². The Balaban J connectivity index is 0.00000180. The van der Waals surface area contributed by atoms with Gasteiger partial charge in [0.15, 0.2) is 5.79 Å². The number of hydrogen-bond acceptors (Lipinski definition) is 3. The van der Waals surface area contributed by atoms with E-state index >= 15 is 0 Å². The number of fused-ring (bicyclic) bond motifs is 1. The zero-order valence-corrected chi connectivity index (χ0v) is 12.0. The van der Waals surface area contributed by atoms with Crippen LogP contribution in [0.25, 0.3) is 10.8 Å². The average Bonchev–Trinajstić information content (AvgIpc) is 2.38. The van der Waals surface area contributed by atoms with E-state index in [0.29, 0.717) is 13.2 Å². The molecule has 0 aliphatic heterocycles. The van der Waals surface area contributed by atoms with Crippen molar-refractivity contribution in [2.45, 2.75) is 12.7 Å². The van der Waals surface area contributed by atoms with Gasteiger partial charge in [0.05, 0.1) is 6.61 Å². The van der Waals surface area contributed by atoms with Crippen molar-refractivity contribution in [3.05, 3.63) is 48.0 Å². The van der Waals surface area contributed by atoms with Crippen molar-refractivity contribution in [3.8, 4) is 0 Å². The minimum atomic E-state index is -1.27. The smallest absolute Gasteiger partial charge is 0.190 e. The molecule has 2 rings (SSSR count). The summed E-state index contributed by atoms with van der Waals surface area (Å²) in [6.07, 6.45) is 0. The third-order valence-electron chi connectivity index (χ3n) is 3.02. The van der Waals surface area contributed by atoms with Crippen molar-refractivity contribution < 1.29 is 9.84 Å². The maximum Gasteiger partial charge on any atom is 0.190 e. The lowest BCUT2D eigenvalue weighted by atomic mass is 9.99. The van der Waals surface area contributed by atoms with E-state index in [9.17, 15) is 5.11 Å². The summed E-state index contributed by atoms with van der Waals surface area (Å²) in [5.74, 6) is -1.27. The topological polar surface area (TPSA) is 41.5 Å². The lowest BCUT2D eigenvalue weighted by molar-refractivity contribution is -0.196. The lowest BCUT2D eigenvalue weighted by Crippen LogP contribution is -2.29. The minimum absolute atomic E-state index is 0. The van der Waals surface area contributed by atoms with E-state index in [2.05, 4.69) is 5.32 Å². The third-order valence-corrected chi connectivity index (χ3v) is 3.02. The largest absolute Gasteiger partial charge is 0.362 e. The Bertz CT molecular complexity index is 523. The highest BCUT2D eigenvalue weighted by Crippen LogP contribution is 2.29. The van der Waals surface area contributed by atoms with E-state index in [4.69, 9.17) is 4.74 Å². The minimum Gasteiger partial charge on any atom is -0.362 e. The molecule has 0 radical (unpaired) electrons. The van der Waals surface area contributed by atoms with E-state index in [1.165, 1.54) is 0 Å². The molecular weight excluding hydrogens is 262 g/mol. The first-order valence-electron chi connectivity index (χ1n) is 6.14. The van der Waals surface area contributed by atoms with Crippen LogP contribution in [0.3, 0.4) is 0 Å². The molecule has 0 spiro atoms. The highest BCUT2D eigenvalue weighted by atomic mass is 35.5. The van der Waals surface area contributed by atoms with Crippen LogP contribution in [0, 0.1) is 0 Å². The molecule has 0 aromatic heterocycles. The average molecular weight is 282 g/mol. The predicted octanol–water partition coefficient (Wildman–Crippen LogP) is 2.66. The van der Waals surface area contributed by atoms with E-state index in [1.54, 1.807) is 6.92 Å². The summed E-state index contributed by atoms with van der Waals surface area (Å²) in [4.78, 5) is 0. The standard InChI is InChI=1S/C15H19NO2.ClH/c1-15(17,18-11-10-16-2)14-9-5-7-12-6-3-4-8-13(12)14;/h3-9,16-17H,10-11H2,1-2H3;1H. The molecule has 0 aliphatic rings. The zero-order valence-electron chi connectivity index (χ0n) is 11.2. The van der Waals surface area contributed by atoms with Gasteiger partial charge in [0, 0.05) is 12.1 Å². The highest BCUT2D eigenvalue weighted by molar-refractivity contribution is 5.86. The molecule has 2 N–H and O–H groups in total. The number of nitrogens with one attached hydrogen (secondary N) is 1. The third kappa shape index (κ3) is 3.67. The molecule has 1 unspecified atom stereocenters. The molecule has 0 bridgehead atoms. The number of ether oxygens (including phenoxy) is 1. The summed E-state index contributed by atoms with van der Waals surface area (Å²) >= 11 is 0. The van der Waals surface area contributed by atoms with Crippen molar-refractivity contribution in [1.82, 2.24) is 5.32 Å². The molecule has 0 heterocycles. The van der Waals surface area contributed by atoms with Crippen LogP contribution in [0.1, 0.15) is 12.5 Å². The Kier molecular flexibility index (Phi) is 5.76. The second kappa shape index (κ2) is 6.87. The Morgan fingerprint density at radius 2 is 1.84 bits per heavy atom. The van der Waals surface area contributed by atoms with E-state index in [1.807, 2.05) is 49.5 Å². The normalized spacial score (nSPS) is 13.8. The first-order chi connectivity index (χ1) is 8.65. The van der Waals surface area contributed by atoms with E-state index in [0.717, 1.165) is 16.3 Å². The first kappa shape index (κ1) is 15.9. The maximum absolute atomic E-state index is 10.5. The number of hydrogen-bond donors (Lipinski definition) is 2. The Morgan fingerprint density at radius 3 is 2.58 bits per heavy atom. The number of benzene rings is 2. The van der Waals surface area contributed by atoms with Crippen molar-refractivity contribution >= 4 is 23.2 Å². The number of halogens is 1. The molecule has 104 valence electrons. The zero-order chi connectivity index (χ0) is 13.0. The fourth-order valence-corrected chi connectivity index (χ4v) is 2.06. The Labute approximate surface area is 120 Å². The molecule has 2 aromatic rings. The maximum atomic E-state index is 10.5. The van der Waals surface area contributed by atoms with Gasteiger partial charge in [0.25, 0.3) is 0 Å². The predicted molar refractivity (Wildman–Crippen MR) is 80.6 cm³/mol. The molecule has 4 heteroatoms. The monoisotopic (exact) mass is 281 g/mol. The molecular formula is C15H20ClNO2. The molecule has 0 amide bonds. The number of aliphatic hydroxyl groups is 1. The molecule has 19 heavy (non-hydrogen) atoms. The fraction of sp³-hybridized carbons (Fsp3) is 0.333. The van der Waals surface area contributed by atoms with Crippen molar-refractivity contribution in [2.75, 3.05) is 20.2 Å². The van der Waals surface area contributed by atoms with Crippen LogP contribution < -0.4 is 5.32 Å². The Hall–Kier alpha value is -1.13. The van der Waals surface area contributed by atoms with Gasteiger partial charge < -0.3 is 15.2 Å². The van der Waals surface area contributed by atoms with Crippen LogP contribution in [-0.2, 0) is 10.5 Å². The van der Waals surface area contributed by atoms with Crippen LogP contribution in [0.15, 0.2) is 42.5 Å². The van der Waals surface area contributed by atoms with E-state index < -0.39 is 5.79 Å². The van der Waals surface area contributed by atoms with Gasteiger partial charge in [-0.25, -0.2) is 0 Å². The molecule has 0 fully saturated rings. The van der Waals surface area contributed by atoms with Gasteiger partial charge in [-0.05, 0) is 24.7 Å². The number of likely N-dealkylation sites (N-methyl/N-ethyl adjacent to an activating group) is 1. The molecule has 3 nitrogen and oxygen atoms in total. The van der Waals surface area contributed by atoms with Crippen molar-refractivity contribution in [1.29, 1.82) is 0 Å². The second-order valence-electron chi connectivity index (χ2n) is 4.46. The lowest BCUT2D eigenvalue weighted by Gasteiger charge is -2.25. The van der Waals surface area contributed by atoms with Gasteiger partial charge in [-0.3, -0.25) is 0 Å². The summed E-state index contributed by atoms with van der Waals surface area (Å²) < 4.78 is 5.56. The van der Waals surface area contributed by atoms with Gasteiger partial charge in [-0.1, -0.05) is 42.5 Å². The summed E-state index contributed by atoms with van der Waals surface area (Å²) in [7, 11) is 1.86. The summed E-state index contributed by atoms with van der Waals surface area (Å²) in [5, 5.41) is 15.6. The van der Waals surface area contributed by atoms with Gasteiger partial charge in [0.2, 0.25) is 0 Å². The SMILES string of the molecule is CNCCOC(C)(O)c1cccc2ccccc12.Cl. The van der Waals surface area contributed by atoms with Crippen molar-refractivity contribution in [2.24, 2.45) is 0 Å². The van der Waals surface area contributed by atoms with Gasteiger partial charge in [-0.15, -0.1) is 12.4 Å². The van der Waals surface area contributed by atoms with Crippen LogP contribution in [0.2, 0.25) is 0 Å². The summed E-state index contributed by atoms with van der Waals surface area (Å²) in [6, 6.07) is 13.9. The molecule has 0 aliphatic carbocycles. The Morgan fingerprint density at radius 1 is 1.16 bits per heavy atom. The molecule has 2 aromatic carbocycles. The highest BCUT2D eigenvalue weighted by Gasteiger charge is 2.25. The summed E-state index contributed by atoms with van der Waals surface area (Å²) in [5.41, 5.74) is 0.803. The van der Waals surface area contributed by atoms with Crippen LogP contribution >= 0.6 is 12.4 Å². The second-order valence-corrected chi connectivity index (χ2v) is 4.46.